The van der Waals surface area contributed by atoms with E-state index in [0.717, 1.165) is 24.0 Å². The van der Waals surface area contributed by atoms with Gasteiger partial charge in [-0.15, -0.1) is 11.8 Å². The Labute approximate surface area is 157 Å². The van der Waals surface area contributed by atoms with E-state index in [1.807, 2.05) is 47.4 Å². The molecule has 2 aromatic carbocycles. The number of H-pyrrole nitrogens is 1. The van der Waals surface area contributed by atoms with Crippen LogP contribution >= 0.6 is 11.8 Å². The summed E-state index contributed by atoms with van der Waals surface area (Å²) in [7, 11) is 0. The molecule has 1 aromatic heterocycles. The van der Waals surface area contributed by atoms with Gasteiger partial charge >= 0.3 is 0 Å². The number of nitrogens with one attached hydrogen (secondary N) is 1. The predicted octanol–water partition coefficient (Wildman–Crippen LogP) is 3.52. The second-order valence-electron chi connectivity index (χ2n) is 6.63. The van der Waals surface area contributed by atoms with Crippen LogP contribution in [0.2, 0.25) is 0 Å². The van der Waals surface area contributed by atoms with Gasteiger partial charge in [-0.25, -0.2) is 0 Å². The van der Waals surface area contributed by atoms with E-state index in [1.165, 1.54) is 28.4 Å². The maximum atomic E-state index is 12.6. The Morgan fingerprint density at radius 2 is 1.92 bits per heavy atom. The van der Waals surface area contributed by atoms with Gasteiger partial charge in [-0.3, -0.25) is 4.79 Å². The number of thioether (sulfide) groups is 1. The average Bonchev–Trinajstić information content (AvgIpc) is 3.06. The average molecular weight is 366 g/mol. The number of aromatic amines is 1. The molecule has 0 unspecified atom stereocenters. The van der Waals surface area contributed by atoms with E-state index in [2.05, 4.69) is 17.1 Å². The van der Waals surface area contributed by atoms with Crippen molar-refractivity contribution in [2.24, 2.45) is 0 Å². The second-order valence-corrected chi connectivity index (χ2v) is 7.66. The number of benzene rings is 2. The highest BCUT2D eigenvalue weighted by Crippen LogP contribution is 2.28. The summed E-state index contributed by atoms with van der Waals surface area (Å²) in [5.41, 5.74) is 4.54. The number of fused-ring (bicyclic) bond motifs is 3. The normalized spacial score (nSPS) is 15.0. The molecule has 2 heterocycles. The van der Waals surface area contributed by atoms with Crippen LogP contribution in [0.5, 0.6) is 0 Å². The van der Waals surface area contributed by atoms with Crippen LogP contribution in [-0.4, -0.2) is 38.9 Å². The summed E-state index contributed by atoms with van der Waals surface area (Å²) in [4.78, 5) is 18.0. The summed E-state index contributed by atoms with van der Waals surface area (Å²) in [6, 6.07) is 17.9. The van der Waals surface area contributed by atoms with Crippen molar-refractivity contribution in [1.82, 2.24) is 9.88 Å². The number of aliphatic hydroxyl groups excluding tert-OH is 1. The molecule has 0 saturated heterocycles. The molecular formula is C21H22N2O2S. The van der Waals surface area contributed by atoms with E-state index in [-0.39, 0.29) is 5.91 Å². The first-order valence-electron chi connectivity index (χ1n) is 8.89. The Morgan fingerprint density at radius 3 is 2.77 bits per heavy atom. The first-order valence-corrected chi connectivity index (χ1v) is 10.0. The molecule has 26 heavy (non-hydrogen) atoms. The highest BCUT2D eigenvalue weighted by Gasteiger charge is 2.23. The molecule has 1 aliphatic rings. The molecule has 134 valence electrons. The third-order valence-corrected chi connectivity index (χ3v) is 5.92. The van der Waals surface area contributed by atoms with E-state index in [1.54, 1.807) is 0 Å². The monoisotopic (exact) mass is 366 g/mol. The highest BCUT2D eigenvalue weighted by atomic mass is 32.2. The van der Waals surface area contributed by atoms with Crippen molar-refractivity contribution >= 4 is 28.6 Å². The first kappa shape index (κ1) is 17.2. The van der Waals surface area contributed by atoms with Crippen molar-refractivity contribution < 1.29 is 9.90 Å². The second kappa shape index (κ2) is 7.56. The summed E-state index contributed by atoms with van der Waals surface area (Å²) < 4.78 is 0. The lowest BCUT2D eigenvalue weighted by atomic mass is 10.0. The number of rotatable bonds is 5. The number of aliphatic hydroxyl groups is 1. The highest BCUT2D eigenvalue weighted by molar-refractivity contribution is 7.99. The van der Waals surface area contributed by atoms with E-state index in [4.69, 9.17) is 0 Å². The Morgan fingerprint density at radius 1 is 1.15 bits per heavy atom. The lowest BCUT2D eigenvalue weighted by molar-refractivity contribution is -0.129. The van der Waals surface area contributed by atoms with Gasteiger partial charge < -0.3 is 15.0 Å². The third kappa shape index (κ3) is 3.50. The third-order valence-electron chi connectivity index (χ3n) is 4.92. The van der Waals surface area contributed by atoms with Crippen LogP contribution in [-0.2, 0) is 17.8 Å². The maximum absolute atomic E-state index is 12.6. The van der Waals surface area contributed by atoms with Crippen molar-refractivity contribution in [2.45, 2.75) is 19.1 Å². The molecule has 1 amide bonds. The van der Waals surface area contributed by atoms with Crippen molar-refractivity contribution in [2.75, 3.05) is 18.1 Å². The number of aromatic nitrogens is 1. The van der Waals surface area contributed by atoms with E-state index < -0.39 is 6.10 Å². The molecule has 1 aliphatic heterocycles. The lowest BCUT2D eigenvalue weighted by Gasteiger charge is -2.27. The zero-order valence-corrected chi connectivity index (χ0v) is 15.3. The number of para-hydroxylation sites is 1. The Bertz CT molecular complexity index is 907. The SMILES string of the molecule is O=C(CSC[C@@H](O)c1ccccc1)N1CCc2[nH]c3ccccc3c2C1. The van der Waals surface area contributed by atoms with Gasteiger partial charge in [0.15, 0.2) is 0 Å². The van der Waals surface area contributed by atoms with Crippen LogP contribution in [0.15, 0.2) is 54.6 Å². The van der Waals surface area contributed by atoms with Crippen molar-refractivity contribution in [3.8, 4) is 0 Å². The van der Waals surface area contributed by atoms with Gasteiger partial charge in [-0.2, -0.15) is 0 Å². The minimum atomic E-state index is -0.532. The van der Waals surface area contributed by atoms with Crippen LogP contribution in [0.4, 0.5) is 0 Å². The van der Waals surface area contributed by atoms with Gasteiger partial charge in [0.2, 0.25) is 5.91 Å². The Balaban J connectivity index is 1.34. The zero-order valence-electron chi connectivity index (χ0n) is 14.5. The molecule has 4 rings (SSSR count). The fourth-order valence-corrected chi connectivity index (χ4v) is 4.39. The largest absolute Gasteiger partial charge is 0.388 e. The number of nitrogens with zero attached hydrogens (tertiary/aromatic N) is 1. The lowest BCUT2D eigenvalue weighted by Crippen LogP contribution is -2.37. The number of carbonyl (C=O) groups excluding carboxylic acids is 1. The standard InChI is InChI=1S/C21H22N2O2S/c24-20(15-6-2-1-3-7-15)13-26-14-21(25)23-11-10-19-17(12-23)16-8-4-5-9-18(16)22-19/h1-9,20,22,24H,10-14H2/t20-/m1/s1. The molecule has 0 radical (unpaired) electrons. The van der Waals surface area contributed by atoms with Gasteiger partial charge in [0.05, 0.1) is 11.9 Å². The minimum Gasteiger partial charge on any atom is -0.388 e. The van der Waals surface area contributed by atoms with Gasteiger partial charge in [0.25, 0.3) is 0 Å². The van der Waals surface area contributed by atoms with E-state index in [9.17, 15) is 9.90 Å². The summed E-state index contributed by atoms with van der Waals surface area (Å²) in [6.07, 6.45) is 0.336. The van der Waals surface area contributed by atoms with Gasteiger partial charge in [0, 0.05) is 47.4 Å². The van der Waals surface area contributed by atoms with Crippen molar-refractivity contribution in [3.05, 3.63) is 71.4 Å². The fraction of sp³-hybridized carbons (Fsp3) is 0.286. The molecule has 0 spiro atoms. The van der Waals surface area contributed by atoms with Gasteiger partial charge in [-0.05, 0) is 11.6 Å². The predicted molar refractivity (Wildman–Crippen MR) is 106 cm³/mol. The minimum absolute atomic E-state index is 0.145. The molecule has 5 heteroatoms. The van der Waals surface area contributed by atoms with E-state index >= 15 is 0 Å². The number of amides is 1. The molecule has 0 bridgehead atoms. The molecular weight excluding hydrogens is 344 g/mol. The van der Waals surface area contributed by atoms with Gasteiger partial charge in [0.1, 0.15) is 0 Å². The first-order chi connectivity index (χ1) is 12.7. The summed E-state index contributed by atoms with van der Waals surface area (Å²) in [6.45, 7) is 1.42. The molecule has 0 aliphatic carbocycles. The smallest absolute Gasteiger partial charge is 0.232 e. The Kier molecular flexibility index (Phi) is 5.00. The maximum Gasteiger partial charge on any atom is 0.232 e. The van der Waals surface area contributed by atoms with Gasteiger partial charge in [-0.1, -0.05) is 48.5 Å². The van der Waals surface area contributed by atoms with Crippen LogP contribution in [0.3, 0.4) is 0 Å². The van der Waals surface area contributed by atoms with Crippen LogP contribution in [0.1, 0.15) is 22.9 Å². The quantitative estimate of drug-likeness (QED) is 0.726. The molecule has 4 nitrogen and oxygen atoms in total. The number of hydrogen-bond acceptors (Lipinski definition) is 3. The van der Waals surface area contributed by atoms with Crippen molar-refractivity contribution in [3.63, 3.8) is 0 Å². The summed E-state index contributed by atoms with van der Waals surface area (Å²) in [5.74, 6) is 1.08. The number of carbonyl (C=O) groups is 1. The number of hydrogen-bond donors (Lipinski definition) is 2. The molecule has 2 N–H and O–H groups in total. The van der Waals surface area contributed by atoms with Crippen LogP contribution in [0, 0.1) is 0 Å². The molecule has 3 aromatic rings. The summed E-state index contributed by atoms with van der Waals surface area (Å²) in [5, 5.41) is 11.4. The van der Waals surface area contributed by atoms with Crippen LogP contribution in [0.25, 0.3) is 10.9 Å². The fourth-order valence-electron chi connectivity index (χ4n) is 3.50. The topological polar surface area (TPSA) is 56.3 Å². The van der Waals surface area contributed by atoms with Crippen molar-refractivity contribution in [1.29, 1.82) is 0 Å². The molecule has 0 saturated carbocycles. The van der Waals surface area contributed by atoms with Crippen LogP contribution < -0.4 is 0 Å². The molecule has 0 fully saturated rings. The Hall–Kier alpha value is -2.24. The summed E-state index contributed by atoms with van der Waals surface area (Å²) >= 11 is 1.50. The zero-order chi connectivity index (χ0) is 17.9. The molecule has 1 atom stereocenters. The van der Waals surface area contributed by atoms with E-state index in [0.29, 0.717) is 18.1 Å².